The summed E-state index contributed by atoms with van der Waals surface area (Å²) in [6.07, 6.45) is 9.64. The first-order chi connectivity index (χ1) is 12.3. The van der Waals surface area contributed by atoms with Gasteiger partial charge < -0.3 is 19.4 Å². The second-order valence-corrected chi connectivity index (χ2v) is 6.19. The molecule has 0 saturated carbocycles. The second kappa shape index (κ2) is 10.9. The largest absolute Gasteiger partial charge is 0.488 e. The zero-order valence-electron chi connectivity index (χ0n) is 15.0. The molecular weight excluding hydrogens is 318 g/mol. The zero-order chi connectivity index (χ0) is 17.8. The number of oxime groups is 1. The van der Waals surface area contributed by atoms with Gasteiger partial charge in [0.05, 0.1) is 18.9 Å². The van der Waals surface area contributed by atoms with E-state index in [2.05, 4.69) is 17.3 Å². The van der Waals surface area contributed by atoms with Gasteiger partial charge in [0.2, 0.25) is 0 Å². The van der Waals surface area contributed by atoms with Crippen molar-refractivity contribution in [2.75, 3.05) is 19.8 Å². The van der Waals surface area contributed by atoms with E-state index in [-0.39, 0.29) is 6.61 Å². The molecule has 138 valence electrons. The summed E-state index contributed by atoms with van der Waals surface area (Å²) >= 11 is 0. The monoisotopic (exact) mass is 347 g/mol. The maximum atomic E-state index is 9.25. The Morgan fingerprint density at radius 3 is 2.64 bits per heavy atom. The first-order valence-corrected chi connectivity index (χ1v) is 9.05. The lowest BCUT2D eigenvalue weighted by molar-refractivity contribution is -0.166. The van der Waals surface area contributed by atoms with Crippen molar-refractivity contribution >= 4 is 5.71 Å². The van der Waals surface area contributed by atoms with Gasteiger partial charge in [0.1, 0.15) is 12.4 Å². The third-order valence-corrected chi connectivity index (χ3v) is 4.31. The molecule has 0 spiro atoms. The standard InChI is InChI=1S/C20H29NO4/c1-2-3-4-5-9-13-20(24-15-16-25-20)14-12-18(21-22)17-23-19-10-7-6-8-11-19/h2-3,6-8,10-11,22H,4-5,9,12-17H2,1H3/b3-2+,21-18+. The summed E-state index contributed by atoms with van der Waals surface area (Å²) in [6, 6.07) is 9.51. The zero-order valence-corrected chi connectivity index (χ0v) is 15.0. The summed E-state index contributed by atoms with van der Waals surface area (Å²) in [6.45, 7) is 3.55. The number of hydrogen-bond donors (Lipinski definition) is 1. The summed E-state index contributed by atoms with van der Waals surface area (Å²) in [5, 5.41) is 12.6. The van der Waals surface area contributed by atoms with Gasteiger partial charge in [-0.1, -0.05) is 35.5 Å². The predicted octanol–water partition coefficient (Wildman–Crippen LogP) is 4.56. The molecule has 0 radical (unpaired) electrons. The molecule has 1 N–H and O–H groups in total. The molecule has 5 heteroatoms. The van der Waals surface area contributed by atoms with E-state index in [0.717, 1.165) is 31.4 Å². The minimum atomic E-state index is -0.543. The topological polar surface area (TPSA) is 60.3 Å². The number of hydrogen-bond acceptors (Lipinski definition) is 5. The van der Waals surface area contributed by atoms with Crippen molar-refractivity contribution in [1.29, 1.82) is 0 Å². The lowest BCUT2D eigenvalue weighted by Crippen LogP contribution is -2.31. The number of rotatable bonds is 11. The molecule has 1 aromatic rings. The smallest absolute Gasteiger partial charge is 0.168 e. The third-order valence-electron chi connectivity index (χ3n) is 4.31. The fourth-order valence-corrected chi connectivity index (χ4v) is 2.90. The first-order valence-electron chi connectivity index (χ1n) is 9.05. The number of allylic oxidation sites excluding steroid dienone is 2. The Hall–Kier alpha value is -1.85. The summed E-state index contributed by atoms with van der Waals surface area (Å²) < 4.78 is 17.4. The van der Waals surface area contributed by atoms with E-state index in [0.29, 0.717) is 31.8 Å². The van der Waals surface area contributed by atoms with Gasteiger partial charge in [0.25, 0.3) is 0 Å². The molecule has 0 aliphatic carbocycles. The van der Waals surface area contributed by atoms with E-state index in [4.69, 9.17) is 14.2 Å². The van der Waals surface area contributed by atoms with Crippen molar-refractivity contribution in [2.24, 2.45) is 5.16 Å². The molecule has 1 aliphatic heterocycles. The molecule has 1 aliphatic rings. The average Bonchev–Trinajstić information content (AvgIpc) is 3.12. The van der Waals surface area contributed by atoms with Gasteiger partial charge in [-0.2, -0.15) is 0 Å². The van der Waals surface area contributed by atoms with Crippen LogP contribution in [0.25, 0.3) is 0 Å². The van der Waals surface area contributed by atoms with Crippen molar-refractivity contribution < 1.29 is 19.4 Å². The minimum Gasteiger partial charge on any atom is -0.488 e. The van der Waals surface area contributed by atoms with Crippen LogP contribution in [0.5, 0.6) is 5.75 Å². The first kappa shape index (κ1) is 19.5. The Labute approximate surface area is 150 Å². The molecule has 0 unspecified atom stereocenters. The molecule has 0 amide bonds. The fraction of sp³-hybridized carbons (Fsp3) is 0.550. The summed E-state index contributed by atoms with van der Waals surface area (Å²) in [7, 11) is 0. The predicted molar refractivity (Wildman–Crippen MR) is 98.3 cm³/mol. The van der Waals surface area contributed by atoms with E-state index < -0.39 is 5.79 Å². The van der Waals surface area contributed by atoms with E-state index in [9.17, 15) is 5.21 Å². The third kappa shape index (κ3) is 6.88. The van der Waals surface area contributed by atoms with Crippen LogP contribution in [0.4, 0.5) is 0 Å². The molecule has 25 heavy (non-hydrogen) atoms. The van der Waals surface area contributed by atoms with Gasteiger partial charge in [-0.05, 0) is 44.7 Å². The van der Waals surface area contributed by atoms with Crippen LogP contribution in [0.2, 0.25) is 0 Å². The quantitative estimate of drug-likeness (QED) is 0.210. The second-order valence-electron chi connectivity index (χ2n) is 6.19. The molecule has 0 atom stereocenters. The highest BCUT2D eigenvalue weighted by Crippen LogP contribution is 2.31. The van der Waals surface area contributed by atoms with E-state index in [1.165, 1.54) is 0 Å². The van der Waals surface area contributed by atoms with Crippen LogP contribution in [0.15, 0.2) is 47.6 Å². The Morgan fingerprint density at radius 2 is 1.96 bits per heavy atom. The Morgan fingerprint density at radius 1 is 1.20 bits per heavy atom. The van der Waals surface area contributed by atoms with Gasteiger partial charge in [0.15, 0.2) is 5.79 Å². The van der Waals surface area contributed by atoms with Crippen molar-refractivity contribution in [2.45, 2.75) is 51.2 Å². The molecule has 5 nitrogen and oxygen atoms in total. The maximum absolute atomic E-state index is 9.25. The van der Waals surface area contributed by atoms with Gasteiger partial charge in [0, 0.05) is 12.8 Å². The molecule has 2 rings (SSSR count). The molecule has 1 heterocycles. The van der Waals surface area contributed by atoms with Crippen molar-refractivity contribution in [3.05, 3.63) is 42.5 Å². The van der Waals surface area contributed by atoms with Crippen LogP contribution >= 0.6 is 0 Å². The molecule has 1 aromatic carbocycles. The van der Waals surface area contributed by atoms with Crippen LogP contribution in [0.1, 0.15) is 45.4 Å². The van der Waals surface area contributed by atoms with Crippen molar-refractivity contribution in [3.63, 3.8) is 0 Å². The van der Waals surface area contributed by atoms with Gasteiger partial charge in [-0.15, -0.1) is 0 Å². The van der Waals surface area contributed by atoms with E-state index >= 15 is 0 Å². The molecular formula is C20H29NO4. The number of benzene rings is 1. The van der Waals surface area contributed by atoms with Crippen LogP contribution in [-0.4, -0.2) is 36.5 Å². The lowest BCUT2D eigenvalue weighted by atomic mass is 10.0. The Bertz CT molecular complexity index is 536. The van der Waals surface area contributed by atoms with Crippen LogP contribution in [-0.2, 0) is 9.47 Å². The highest BCUT2D eigenvalue weighted by molar-refractivity contribution is 5.85. The average molecular weight is 347 g/mol. The highest BCUT2D eigenvalue weighted by Gasteiger charge is 2.35. The van der Waals surface area contributed by atoms with Gasteiger partial charge in [-0.25, -0.2) is 0 Å². The highest BCUT2D eigenvalue weighted by atomic mass is 16.7. The van der Waals surface area contributed by atoms with Crippen LogP contribution < -0.4 is 4.74 Å². The van der Waals surface area contributed by atoms with Crippen LogP contribution in [0.3, 0.4) is 0 Å². The van der Waals surface area contributed by atoms with Gasteiger partial charge in [-0.3, -0.25) is 0 Å². The van der Waals surface area contributed by atoms with Crippen molar-refractivity contribution in [1.82, 2.24) is 0 Å². The summed E-state index contributed by atoms with van der Waals surface area (Å²) in [5.41, 5.74) is 0.594. The Balaban J connectivity index is 1.78. The molecule has 0 bridgehead atoms. The normalized spacial score (nSPS) is 17.2. The number of unbranched alkanes of at least 4 members (excludes halogenated alkanes) is 2. The maximum Gasteiger partial charge on any atom is 0.168 e. The lowest BCUT2D eigenvalue weighted by Gasteiger charge is -2.27. The van der Waals surface area contributed by atoms with E-state index in [1.807, 2.05) is 37.3 Å². The summed E-state index contributed by atoms with van der Waals surface area (Å²) in [4.78, 5) is 0. The van der Waals surface area contributed by atoms with Crippen LogP contribution in [0, 0.1) is 0 Å². The number of nitrogens with zero attached hydrogens (tertiary/aromatic N) is 1. The summed E-state index contributed by atoms with van der Waals surface area (Å²) in [5.74, 6) is 0.217. The number of ether oxygens (including phenoxy) is 3. The Kier molecular flexibility index (Phi) is 8.49. The SMILES string of the molecule is C/C=C/CCCCC1(CC/C(COc2ccccc2)=N\O)OCCO1. The molecule has 1 saturated heterocycles. The molecule has 0 aromatic heterocycles. The number of para-hydroxylation sites is 1. The fourth-order valence-electron chi connectivity index (χ4n) is 2.90. The van der Waals surface area contributed by atoms with E-state index in [1.54, 1.807) is 0 Å². The minimum absolute atomic E-state index is 0.262. The molecule has 1 fully saturated rings. The van der Waals surface area contributed by atoms with Crippen molar-refractivity contribution in [3.8, 4) is 5.75 Å². The van der Waals surface area contributed by atoms with Gasteiger partial charge >= 0.3 is 0 Å².